The summed E-state index contributed by atoms with van der Waals surface area (Å²) in [5.41, 5.74) is -0.637. The maximum Gasteiger partial charge on any atom is 0.246 e. The van der Waals surface area contributed by atoms with E-state index in [-0.39, 0.29) is 39.7 Å². The van der Waals surface area contributed by atoms with Crippen LogP contribution in [0.4, 0.5) is 20.5 Å². The molecule has 2 aromatic carbocycles. The van der Waals surface area contributed by atoms with E-state index in [1.54, 1.807) is 4.90 Å². The summed E-state index contributed by atoms with van der Waals surface area (Å²) in [6, 6.07) is 4.92. The number of fused-ring (bicyclic) bond motifs is 1. The molecule has 2 aliphatic rings. The van der Waals surface area contributed by atoms with Gasteiger partial charge in [0.1, 0.15) is 22.9 Å². The third-order valence-corrected chi connectivity index (χ3v) is 7.40. The summed E-state index contributed by atoms with van der Waals surface area (Å²) in [4.78, 5) is 27.5. The monoisotopic (exact) mass is 543 g/mol. The molecule has 38 heavy (non-hydrogen) atoms. The van der Waals surface area contributed by atoms with Crippen LogP contribution in [-0.2, 0) is 9.53 Å². The molecule has 2 atom stereocenters. The number of nitrogens with zero attached hydrogens (tertiary/aromatic N) is 5. The highest BCUT2D eigenvalue weighted by molar-refractivity contribution is 6.34. The van der Waals surface area contributed by atoms with E-state index in [9.17, 15) is 14.3 Å². The van der Waals surface area contributed by atoms with Crippen LogP contribution in [0.25, 0.3) is 22.0 Å². The van der Waals surface area contributed by atoms with Crippen molar-refractivity contribution in [2.75, 3.05) is 49.2 Å². The van der Waals surface area contributed by atoms with E-state index >= 15 is 4.39 Å². The van der Waals surface area contributed by atoms with Gasteiger partial charge in [0.25, 0.3) is 0 Å². The Morgan fingerprint density at radius 1 is 1.16 bits per heavy atom. The maximum atomic E-state index is 16.3. The molecule has 0 unspecified atom stereocenters. The standard InChI is InChI=1S/C27H28ClF2N5O3/c1-4-21(37)34-13-16(3)35(14-15(34)2)26-17-12-18(28)22(23-19(29)6-5-7-20(23)36)24(30)25(17)31-27(32-26)33-8-10-38-11-9-33/h4-7,12,15-16,36H,1,8-11,13-14H2,2-3H3/t15-,16+/m1/s1. The number of halogens is 3. The van der Waals surface area contributed by atoms with Crippen LogP contribution in [0, 0.1) is 11.6 Å². The number of carbonyl (C=O) groups excluding carboxylic acids is 1. The first-order valence-corrected chi connectivity index (χ1v) is 12.8. The van der Waals surface area contributed by atoms with E-state index in [1.165, 1.54) is 24.3 Å². The predicted octanol–water partition coefficient (Wildman–Crippen LogP) is 4.38. The Kier molecular flexibility index (Phi) is 7.11. The van der Waals surface area contributed by atoms with Gasteiger partial charge >= 0.3 is 0 Å². The molecule has 3 heterocycles. The molecule has 0 radical (unpaired) electrons. The van der Waals surface area contributed by atoms with Gasteiger partial charge in [0.15, 0.2) is 5.82 Å². The lowest BCUT2D eigenvalue weighted by Crippen LogP contribution is -2.58. The third-order valence-electron chi connectivity index (χ3n) is 7.10. The van der Waals surface area contributed by atoms with Crippen LogP contribution >= 0.6 is 11.6 Å². The number of benzene rings is 2. The smallest absolute Gasteiger partial charge is 0.246 e. The largest absolute Gasteiger partial charge is 0.507 e. The van der Waals surface area contributed by atoms with Crippen LogP contribution in [0.3, 0.4) is 0 Å². The van der Waals surface area contributed by atoms with E-state index in [2.05, 4.69) is 11.6 Å². The lowest BCUT2D eigenvalue weighted by molar-refractivity contribution is -0.128. The van der Waals surface area contributed by atoms with Crippen molar-refractivity contribution in [2.45, 2.75) is 25.9 Å². The highest BCUT2D eigenvalue weighted by Gasteiger charge is 2.34. The highest BCUT2D eigenvalue weighted by atomic mass is 35.5. The zero-order chi connectivity index (χ0) is 27.1. The lowest BCUT2D eigenvalue weighted by Gasteiger charge is -2.44. The van der Waals surface area contributed by atoms with Crippen LogP contribution < -0.4 is 9.80 Å². The fraction of sp³-hybridized carbons (Fsp3) is 0.370. The second kappa shape index (κ2) is 10.3. The van der Waals surface area contributed by atoms with E-state index in [0.717, 1.165) is 6.07 Å². The third kappa shape index (κ3) is 4.52. The minimum absolute atomic E-state index is 0.0389. The molecule has 0 bridgehead atoms. The first-order chi connectivity index (χ1) is 18.2. The summed E-state index contributed by atoms with van der Waals surface area (Å²) in [5, 5.41) is 10.6. The van der Waals surface area contributed by atoms with Gasteiger partial charge in [-0.1, -0.05) is 24.2 Å². The molecule has 5 rings (SSSR count). The van der Waals surface area contributed by atoms with Crippen molar-refractivity contribution in [2.24, 2.45) is 0 Å². The average molecular weight is 544 g/mol. The van der Waals surface area contributed by atoms with Gasteiger partial charge in [-0.3, -0.25) is 4.79 Å². The fourth-order valence-corrected chi connectivity index (χ4v) is 5.41. The van der Waals surface area contributed by atoms with Crippen LogP contribution in [0.1, 0.15) is 13.8 Å². The van der Waals surface area contributed by atoms with Gasteiger partial charge < -0.3 is 24.5 Å². The molecule has 1 aromatic heterocycles. The second-order valence-electron chi connectivity index (χ2n) is 9.57. The number of ether oxygens (including phenoxy) is 1. The molecule has 0 spiro atoms. The number of amides is 1. The normalized spacial score (nSPS) is 20.2. The highest BCUT2D eigenvalue weighted by Crippen LogP contribution is 2.43. The van der Waals surface area contributed by atoms with Crippen LogP contribution in [0.5, 0.6) is 5.75 Å². The van der Waals surface area contributed by atoms with Crippen molar-refractivity contribution >= 4 is 40.2 Å². The Labute approximate surface area is 224 Å². The molecule has 1 amide bonds. The van der Waals surface area contributed by atoms with Gasteiger partial charge in [0.2, 0.25) is 11.9 Å². The number of piperazine rings is 1. The number of hydrogen-bond donors (Lipinski definition) is 1. The molecular formula is C27H28ClF2N5O3. The van der Waals surface area contributed by atoms with E-state index in [1.807, 2.05) is 23.6 Å². The number of carbonyl (C=O) groups is 1. The number of morpholine rings is 1. The maximum absolute atomic E-state index is 16.3. The van der Waals surface area contributed by atoms with Crippen molar-refractivity contribution in [1.82, 2.24) is 14.9 Å². The van der Waals surface area contributed by atoms with Gasteiger partial charge in [-0.2, -0.15) is 4.98 Å². The summed E-state index contributed by atoms with van der Waals surface area (Å²) >= 11 is 6.55. The number of aromatic hydroxyl groups is 1. The van der Waals surface area contributed by atoms with Crippen molar-refractivity contribution < 1.29 is 23.4 Å². The van der Waals surface area contributed by atoms with Crippen molar-refractivity contribution in [1.29, 1.82) is 0 Å². The van der Waals surface area contributed by atoms with Crippen LogP contribution in [0.15, 0.2) is 36.9 Å². The number of anilines is 2. The van der Waals surface area contributed by atoms with Crippen molar-refractivity contribution in [3.63, 3.8) is 0 Å². The Morgan fingerprint density at radius 3 is 2.58 bits per heavy atom. The quantitative estimate of drug-likeness (QED) is 0.489. The zero-order valence-corrected chi connectivity index (χ0v) is 21.9. The molecule has 2 saturated heterocycles. The van der Waals surface area contributed by atoms with Crippen LogP contribution in [-0.4, -0.2) is 77.4 Å². The minimum atomic E-state index is -0.854. The van der Waals surface area contributed by atoms with Gasteiger partial charge in [0, 0.05) is 49.2 Å². The van der Waals surface area contributed by atoms with Crippen LogP contribution in [0.2, 0.25) is 5.02 Å². The van der Waals surface area contributed by atoms with E-state index in [4.69, 9.17) is 21.3 Å². The number of rotatable bonds is 4. The molecule has 2 fully saturated rings. The Morgan fingerprint density at radius 2 is 1.89 bits per heavy atom. The topological polar surface area (TPSA) is 82.0 Å². The SMILES string of the molecule is C=CC(=O)N1C[C@H](C)N(c2nc(N3CCOCC3)nc3c(F)c(-c4c(O)cccc4F)c(Cl)cc23)C[C@H]1C. The average Bonchev–Trinajstić information content (AvgIpc) is 2.91. The molecule has 11 heteroatoms. The predicted molar refractivity (Wildman–Crippen MR) is 143 cm³/mol. The number of hydrogen-bond acceptors (Lipinski definition) is 7. The molecule has 8 nitrogen and oxygen atoms in total. The summed E-state index contributed by atoms with van der Waals surface area (Å²) in [6.07, 6.45) is 1.30. The summed E-state index contributed by atoms with van der Waals surface area (Å²) in [6.45, 7) is 10.3. The van der Waals surface area contributed by atoms with Gasteiger partial charge in [-0.15, -0.1) is 0 Å². The Hall–Kier alpha value is -3.50. The lowest BCUT2D eigenvalue weighted by atomic mass is 10.00. The molecule has 0 saturated carbocycles. The summed E-state index contributed by atoms with van der Waals surface area (Å²) in [7, 11) is 0. The number of phenolic OH excluding ortho intramolecular Hbond substituents is 1. The number of phenols is 1. The van der Waals surface area contributed by atoms with E-state index in [0.29, 0.717) is 56.5 Å². The molecule has 2 aliphatic heterocycles. The molecular weight excluding hydrogens is 516 g/mol. The molecule has 0 aliphatic carbocycles. The Balaban J connectivity index is 1.71. The summed E-state index contributed by atoms with van der Waals surface area (Å²) in [5.74, 6) is -1.48. The van der Waals surface area contributed by atoms with Crippen molar-refractivity contribution in [3.05, 3.63) is 53.6 Å². The summed E-state index contributed by atoms with van der Waals surface area (Å²) < 4.78 is 36.5. The molecule has 3 aromatic rings. The first kappa shape index (κ1) is 26.1. The minimum Gasteiger partial charge on any atom is -0.507 e. The number of aromatic nitrogens is 2. The van der Waals surface area contributed by atoms with Gasteiger partial charge in [-0.25, -0.2) is 13.8 Å². The molecule has 1 N–H and O–H groups in total. The van der Waals surface area contributed by atoms with Gasteiger partial charge in [0.05, 0.1) is 23.8 Å². The van der Waals surface area contributed by atoms with Crippen molar-refractivity contribution in [3.8, 4) is 16.9 Å². The molecule has 200 valence electrons. The first-order valence-electron chi connectivity index (χ1n) is 12.4. The van der Waals surface area contributed by atoms with Gasteiger partial charge in [-0.05, 0) is 38.1 Å². The Bertz CT molecular complexity index is 1400. The fourth-order valence-electron chi connectivity index (χ4n) is 5.13. The zero-order valence-electron chi connectivity index (χ0n) is 21.1. The second-order valence-corrected chi connectivity index (χ2v) is 9.98. The van der Waals surface area contributed by atoms with E-state index < -0.39 is 17.4 Å².